The van der Waals surface area contributed by atoms with Gasteiger partial charge in [0.05, 0.1) is 0 Å². The van der Waals surface area contributed by atoms with Crippen LogP contribution in [0.3, 0.4) is 0 Å². The quantitative estimate of drug-likeness (QED) is 0.438. The van der Waals surface area contributed by atoms with Gasteiger partial charge in [-0.3, -0.25) is 15.0 Å². The number of nitrogens with two attached hydrogens (primary N) is 1. The Balaban J connectivity index is 2.18. The second-order valence-electron chi connectivity index (χ2n) is 7.91. The molecule has 0 unspecified atom stereocenters. The second-order valence-corrected chi connectivity index (χ2v) is 7.91. The van der Waals surface area contributed by atoms with Gasteiger partial charge in [-0.25, -0.2) is 0 Å². The summed E-state index contributed by atoms with van der Waals surface area (Å²) in [6.45, 7) is 6.86. The summed E-state index contributed by atoms with van der Waals surface area (Å²) in [5, 5.41) is 13.2. The van der Waals surface area contributed by atoms with Gasteiger partial charge in [0.2, 0.25) is 5.91 Å². The van der Waals surface area contributed by atoms with Crippen LogP contribution in [0.1, 0.15) is 54.7 Å². The molecule has 0 fully saturated rings. The van der Waals surface area contributed by atoms with E-state index in [1.807, 2.05) is 18.2 Å². The van der Waals surface area contributed by atoms with E-state index in [0.29, 0.717) is 23.2 Å². The Morgan fingerprint density at radius 2 is 1.68 bits per heavy atom. The Kier molecular flexibility index (Phi) is 6.93. The van der Waals surface area contributed by atoms with Crippen LogP contribution < -0.4 is 16.4 Å². The first-order valence-corrected chi connectivity index (χ1v) is 9.25. The first-order valence-electron chi connectivity index (χ1n) is 9.25. The summed E-state index contributed by atoms with van der Waals surface area (Å²) in [5.74, 6) is -0.774. The zero-order chi connectivity index (χ0) is 20.7. The molecule has 0 aliphatic heterocycles. The van der Waals surface area contributed by atoms with Crippen LogP contribution in [0.4, 0.5) is 0 Å². The number of hydrogen-bond acceptors (Lipinski definition) is 3. The Morgan fingerprint density at radius 1 is 1.04 bits per heavy atom. The van der Waals surface area contributed by atoms with Gasteiger partial charge in [0.15, 0.2) is 0 Å². The van der Waals surface area contributed by atoms with Gasteiger partial charge in [0.1, 0.15) is 11.9 Å². The number of hydrogen-bond donors (Lipinski definition) is 4. The highest BCUT2D eigenvalue weighted by atomic mass is 16.2. The standard InChI is InChI=1S/C22H28N4O2/c1-22(2,3)12-13-25-21(28)18(15-8-5-4-6-9-15)26-20(27)17-11-7-10-16(14-17)19(23)24/h4-11,14,18H,12-13H2,1-3H3,(H3,23,24)(H,25,28)(H,26,27)/t18-/m1/s1. The molecule has 2 amide bonds. The summed E-state index contributed by atoms with van der Waals surface area (Å²) in [6, 6.07) is 14.8. The van der Waals surface area contributed by atoms with Crippen molar-refractivity contribution in [3.8, 4) is 0 Å². The van der Waals surface area contributed by atoms with Gasteiger partial charge in [0.25, 0.3) is 5.91 Å². The van der Waals surface area contributed by atoms with Crippen LogP contribution in [-0.2, 0) is 4.79 Å². The van der Waals surface area contributed by atoms with E-state index in [4.69, 9.17) is 11.1 Å². The number of amidine groups is 1. The number of amides is 2. The Hall–Kier alpha value is -3.15. The molecule has 0 bridgehead atoms. The molecule has 0 radical (unpaired) electrons. The van der Waals surface area contributed by atoms with Crippen molar-refractivity contribution in [2.45, 2.75) is 33.2 Å². The van der Waals surface area contributed by atoms with Crippen molar-refractivity contribution in [3.63, 3.8) is 0 Å². The number of nitrogen functional groups attached to an aromatic ring is 1. The van der Waals surface area contributed by atoms with E-state index in [1.54, 1.807) is 30.3 Å². The summed E-state index contributed by atoms with van der Waals surface area (Å²) in [7, 11) is 0. The van der Waals surface area contributed by atoms with Crippen molar-refractivity contribution >= 4 is 17.6 Å². The molecule has 1 atom stereocenters. The summed E-state index contributed by atoms with van der Waals surface area (Å²) >= 11 is 0. The van der Waals surface area contributed by atoms with Crippen molar-refractivity contribution in [2.75, 3.05) is 6.54 Å². The third-order valence-electron chi connectivity index (χ3n) is 4.28. The predicted octanol–water partition coefficient (Wildman–Crippen LogP) is 2.99. The number of rotatable bonds is 7. The molecule has 0 saturated heterocycles. The van der Waals surface area contributed by atoms with E-state index in [-0.39, 0.29) is 17.2 Å². The zero-order valence-electron chi connectivity index (χ0n) is 16.6. The molecule has 28 heavy (non-hydrogen) atoms. The van der Waals surface area contributed by atoms with Crippen molar-refractivity contribution in [1.82, 2.24) is 10.6 Å². The van der Waals surface area contributed by atoms with Crippen LogP contribution in [0.2, 0.25) is 0 Å². The van der Waals surface area contributed by atoms with Crippen molar-refractivity contribution in [3.05, 3.63) is 71.3 Å². The maximum absolute atomic E-state index is 12.8. The third-order valence-corrected chi connectivity index (χ3v) is 4.28. The molecule has 6 heteroatoms. The molecule has 5 N–H and O–H groups in total. The average molecular weight is 380 g/mol. The smallest absolute Gasteiger partial charge is 0.252 e. The predicted molar refractivity (Wildman–Crippen MR) is 111 cm³/mol. The summed E-state index contributed by atoms with van der Waals surface area (Å²) in [5.41, 5.74) is 7.11. The highest BCUT2D eigenvalue weighted by Gasteiger charge is 2.23. The highest BCUT2D eigenvalue weighted by Crippen LogP contribution is 2.18. The largest absolute Gasteiger partial charge is 0.384 e. The van der Waals surface area contributed by atoms with E-state index >= 15 is 0 Å². The molecular formula is C22H28N4O2. The van der Waals surface area contributed by atoms with Crippen molar-refractivity contribution in [1.29, 1.82) is 5.41 Å². The third kappa shape index (κ3) is 6.23. The van der Waals surface area contributed by atoms with E-state index in [0.717, 1.165) is 6.42 Å². The molecule has 0 saturated carbocycles. The molecule has 2 aromatic rings. The average Bonchev–Trinajstić information content (AvgIpc) is 2.65. The lowest BCUT2D eigenvalue weighted by atomic mass is 9.92. The first kappa shape index (κ1) is 21.2. The summed E-state index contributed by atoms with van der Waals surface area (Å²) in [4.78, 5) is 25.5. The van der Waals surface area contributed by atoms with E-state index in [2.05, 4.69) is 31.4 Å². The molecule has 0 heterocycles. The fourth-order valence-electron chi connectivity index (χ4n) is 2.65. The van der Waals surface area contributed by atoms with Gasteiger partial charge in [-0.1, -0.05) is 63.2 Å². The fourth-order valence-corrected chi connectivity index (χ4v) is 2.65. The van der Waals surface area contributed by atoms with Crippen LogP contribution in [-0.4, -0.2) is 24.2 Å². The van der Waals surface area contributed by atoms with Gasteiger partial charge in [-0.05, 0) is 29.5 Å². The first-order chi connectivity index (χ1) is 13.2. The molecule has 0 aliphatic rings. The highest BCUT2D eigenvalue weighted by molar-refractivity contribution is 6.01. The summed E-state index contributed by atoms with van der Waals surface area (Å²) in [6.07, 6.45) is 0.828. The normalized spacial score (nSPS) is 12.1. The lowest BCUT2D eigenvalue weighted by molar-refractivity contribution is -0.123. The van der Waals surface area contributed by atoms with Crippen LogP contribution >= 0.6 is 0 Å². The number of carbonyl (C=O) groups excluding carboxylic acids is 2. The van der Waals surface area contributed by atoms with E-state index in [1.165, 1.54) is 6.07 Å². The monoisotopic (exact) mass is 380 g/mol. The molecule has 2 aromatic carbocycles. The SMILES string of the molecule is CC(C)(C)CCNC(=O)[C@H](NC(=O)c1cccc(C(=N)N)c1)c1ccccc1. The van der Waals surface area contributed by atoms with Gasteiger partial charge in [0, 0.05) is 17.7 Å². The molecule has 0 aromatic heterocycles. The van der Waals surface area contributed by atoms with Crippen LogP contribution in [0.25, 0.3) is 0 Å². The van der Waals surface area contributed by atoms with E-state index < -0.39 is 11.9 Å². The molecule has 0 spiro atoms. The maximum Gasteiger partial charge on any atom is 0.252 e. The zero-order valence-corrected chi connectivity index (χ0v) is 16.6. The number of carbonyl (C=O) groups is 2. The molecular weight excluding hydrogens is 352 g/mol. The Morgan fingerprint density at radius 3 is 2.29 bits per heavy atom. The number of benzene rings is 2. The minimum atomic E-state index is -0.811. The van der Waals surface area contributed by atoms with Gasteiger partial charge >= 0.3 is 0 Å². The minimum Gasteiger partial charge on any atom is -0.384 e. The van der Waals surface area contributed by atoms with Gasteiger partial charge < -0.3 is 16.4 Å². The maximum atomic E-state index is 12.8. The summed E-state index contributed by atoms with van der Waals surface area (Å²) < 4.78 is 0. The Labute approximate surface area is 166 Å². The fraction of sp³-hybridized carbons (Fsp3) is 0.318. The molecule has 0 aliphatic carbocycles. The molecule has 2 rings (SSSR count). The van der Waals surface area contributed by atoms with Gasteiger partial charge in [-0.15, -0.1) is 0 Å². The number of nitrogens with one attached hydrogen (secondary N) is 3. The van der Waals surface area contributed by atoms with Crippen molar-refractivity contribution in [2.24, 2.45) is 11.1 Å². The van der Waals surface area contributed by atoms with Crippen LogP contribution in [0, 0.1) is 10.8 Å². The Bertz CT molecular complexity index is 841. The lowest BCUT2D eigenvalue weighted by Crippen LogP contribution is -2.41. The van der Waals surface area contributed by atoms with Crippen LogP contribution in [0.5, 0.6) is 0 Å². The minimum absolute atomic E-state index is 0.103. The molecule has 6 nitrogen and oxygen atoms in total. The van der Waals surface area contributed by atoms with E-state index in [9.17, 15) is 9.59 Å². The van der Waals surface area contributed by atoms with Crippen LogP contribution in [0.15, 0.2) is 54.6 Å². The van der Waals surface area contributed by atoms with Crippen molar-refractivity contribution < 1.29 is 9.59 Å². The lowest BCUT2D eigenvalue weighted by Gasteiger charge is -2.22. The second kappa shape index (κ2) is 9.17. The van der Waals surface area contributed by atoms with Gasteiger partial charge in [-0.2, -0.15) is 0 Å². The molecule has 148 valence electrons. The topological polar surface area (TPSA) is 108 Å².